The Balaban J connectivity index is 1.58. The van der Waals surface area contributed by atoms with Crippen molar-refractivity contribution in [2.75, 3.05) is 25.0 Å². The predicted molar refractivity (Wildman–Crippen MR) is 140 cm³/mol. The second-order valence-corrected chi connectivity index (χ2v) is 8.23. The van der Waals surface area contributed by atoms with Crippen molar-refractivity contribution >= 4 is 45.7 Å². The third kappa shape index (κ3) is 6.72. The quantitative estimate of drug-likeness (QED) is 0.217. The van der Waals surface area contributed by atoms with Crippen LogP contribution in [0.25, 0.3) is 10.8 Å². The van der Waals surface area contributed by atoms with Gasteiger partial charge in [-0.05, 0) is 30.2 Å². The largest absolute Gasteiger partial charge is 0.454 e. The third-order valence-corrected chi connectivity index (χ3v) is 5.61. The van der Waals surface area contributed by atoms with Crippen LogP contribution in [-0.2, 0) is 14.3 Å². The minimum atomic E-state index is -0.911. The zero-order valence-corrected chi connectivity index (χ0v) is 20.5. The molecule has 2 aromatic carbocycles. The molecule has 0 unspecified atom stereocenters. The minimum absolute atomic E-state index is 0.000974. The Morgan fingerprint density at radius 1 is 1.08 bits per heavy atom. The Labute approximate surface area is 212 Å². The molecular weight excluding hydrogens is 476 g/mol. The first-order valence-electron chi connectivity index (χ1n) is 11.6. The third-order valence-electron chi connectivity index (χ3n) is 5.61. The van der Waals surface area contributed by atoms with Crippen molar-refractivity contribution in [2.24, 2.45) is 0 Å². The number of amides is 1. The fraction of sp³-hybridized carbons (Fsp3) is 0.269. The summed E-state index contributed by atoms with van der Waals surface area (Å²) in [5.74, 6) is -1.77. The average Bonchev–Trinajstić information content (AvgIpc) is 2.90. The summed E-state index contributed by atoms with van der Waals surface area (Å²) in [6.07, 6.45) is 2.97. The van der Waals surface area contributed by atoms with Gasteiger partial charge < -0.3 is 26.2 Å². The van der Waals surface area contributed by atoms with Gasteiger partial charge in [0.1, 0.15) is 6.04 Å². The first-order chi connectivity index (χ1) is 17.7. The van der Waals surface area contributed by atoms with Gasteiger partial charge in [0.15, 0.2) is 18.2 Å². The summed E-state index contributed by atoms with van der Waals surface area (Å²) >= 11 is 0. The highest BCUT2D eigenvalue weighted by molar-refractivity contribution is 6.40. The highest BCUT2D eigenvalue weighted by Gasteiger charge is 2.22. The van der Waals surface area contributed by atoms with Crippen LogP contribution in [-0.4, -0.2) is 58.3 Å². The van der Waals surface area contributed by atoms with E-state index in [1.165, 1.54) is 23.9 Å². The molecule has 3 aromatic rings. The molecule has 1 aromatic heterocycles. The molecule has 4 N–H and O–H groups in total. The van der Waals surface area contributed by atoms with E-state index in [0.717, 1.165) is 5.39 Å². The summed E-state index contributed by atoms with van der Waals surface area (Å²) in [6, 6.07) is 11.6. The maximum Gasteiger partial charge on any atom is 0.339 e. The lowest BCUT2D eigenvalue weighted by Gasteiger charge is -2.18. The van der Waals surface area contributed by atoms with E-state index in [1.807, 2.05) is 18.2 Å². The number of fused-ring (bicyclic) bond motifs is 1. The molecule has 0 aliphatic rings. The van der Waals surface area contributed by atoms with Crippen LogP contribution in [0.15, 0.2) is 59.7 Å². The number of ketones is 1. The van der Waals surface area contributed by atoms with Crippen molar-refractivity contribution in [2.45, 2.75) is 26.3 Å². The van der Waals surface area contributed by atoms with Crippen LogP contribution in [0, 0.1) is 10.8 Å². The van der Waals surface area contributed by atoms with Crippen LogP contribution < -0.4 is 16.2 Å². The Morgan fingerprint density at radius 2 is 1.81 bits per heavy atom. The molecule has 0 spiro atoms. The predicted octanol–water partition coefficient (Wildman–Crippen LogP) is 2.36. The summed E-state index contributed by atoms with van der Waals surface area (Å²) in [7, 11) is 0. The van der Waals surface area contributed by atoms with Crippen molar-refractivity contribution in [1.29, 1.82) is 10.8 Å². The first kappa shape index (κ1) is 26.9. The highest BCUT2D eigenvalue weighted by atomic mass is 16.5. The van der Waals surface area contributed by atoms with Crippen molar-refractivity contribution < 1.29 is 19.1 Å². The van der Waals surface area contributed by atoms with Crippen LogP contribution in [0.3, 0.4) is 0 Å². The fourth-order valence-electron chi connectivity index (χ4n) is 3.59. The van der Waals surface area contributed by atoms with Gasteiger partial charge in [0.25, 0.3) is 5.56 Å². The number of esters is 1. The summed E-state index contributed by atoms with van der Waals surface area (Å²) in [4.78, 5) is 54.3. The molecule has 0 saturated heterocycles. The average molecular weight is 505 g/mol. The Kier molecular flexibility index (Phi) is 8.98. The number of carbonyl (C=O) groups is 3. The first-order valence-corrected chi connectivity index (χ1v) is 11.6. The van der Waals surface area contributed by atoms with Crippen LogP contribution in [0.1, 0.15) is 36.7 Å². The van der Waals surface area contributed by atoms with E-state index in [-0.39, 0.29) is 36.8 Å². The van der Waals surface area contributed by atoms with Gasteiger partial charge >= 0.3 is 5.97 Å². The normalized spacial score (nSPS) is 11.4. The van der Waals surface area contributed by atoms with Crippen LogP contribution >= 0.6 is 0 Å². The number of nitrogens with one attached hydrogen (secondary N) is 4. The lowest BCUT2D eigenvalue weighted by molar-refractivity contribution is -0.128. The van der Waals surface area contributed by atoms with Gasteiger partial charge in [0.05, 0.1) is 30.1 Å². The van der Waals surface area contributed by atoms with E-state index in [4.69, 9.17) is 15.6 Å². The molecular formula is C26H28N6O5. The van der Waals surface area contributed by atoms with Crippen molar-refractivity contribution in [3.05, 3.63) is 70.8 Å². The lowest BCUT2D eigenvalue weighted by Crippen LogP contribution is -2.40. The van der Waals surface area contributed by atoms with E-state index < -0.39 is 35.9 Å². The highest BCUT2D eigenvalue weighted by Crippen LogP contribution is 2.19. The van der Waals surface area contributed by atoms with Crippen molar-refractivity contribution in [3.63, 3.8) is 0 Å². The van der Waals surface area contributed by atoms with E-state index in [1.54, 1.807) is 31.2 Å². The molecule has 1 atom stereocenters. The van der Waals surface area contributed by atoms with Crippen LogP contribution in [0.2, 0.25) is 0 Å². The minimum Gasteiger partial charge on any atom is -0.454 e. The molecule has 1 amide bonds. The number of anilines is 1. The molecule has 0 saturated carbocycles. The second-order valence-electron chi connectivity index (χ2n) is 8.23. The van der Waals surface area contributed by atoms with Gasteiger partial charge in [-0.3, -0.25) is 19.0 Å². The lowest BCUT2D eigenvalue weighted by atomic mass is 10.1. The van der Waals surface area contributed by atoms with Gasteiger partial charge in [0, 0.05) is 12.4 Å². The summed E-state index contributed by atoms with van der Waals surface area (Å²) in [6.45, 7) is 2.23. The Bertz CT molecular complexity index is 1410. The molecule has 1 heterocycles. The number of hydrogen-bond acceptors (Lipinski definition) is 9. The molecule has 0 aliphatic carbocycles. The molecule has 3 rings (SSSR count). The van der Waals surface area contributed by atoms with Crippen molar-refractivity contribution in [3.8, 4) is 0 Å². The Morgan fingerprint density at radius 3 is 2.54 bits per heavy atom. The van der Waals surface area contributed by atoms with Crippen LogP contribution in [0.5, 0.6) is 0 Å². The van der Waals surface area contributed by atoms with E-state index in [9.17, 15) is 19.2 Å². The number of ether oxygens (including phenoxy) is 1. The topological polar surface area (TPSA) is 167 Å². The van der Waals surface area contributed by atoms with Crippen molar-refractivity contribution in [1.82, 2.24) is 14.9 Å². The van der Waals surface area contributed by atoms with Gasteiger partial charge in [-0.2, -0.15) is 0 Å². The second kappa shape index (κ2) is 12.3. The molecule has 0 bridgehead atoms. The number of carbonyl (C=O) groups excluding carboxylic acids is 3. The number of Topliss-reactive ketones (excluding diaryl/α,β-unsaturated/α-hetero) is 1. The number of benzene rings is 2. The van der Waals surface area contributed by atoms with Crippen LogP contribution in [0.4, 0.5) is 5.82 Å². The number of aromatic nitrogens is 2. The SMILES string of the molecule is CC[C@@H](C(=O)NCC(=O)COC(=O)c1cccc2ccccc12)n1ccnc(NCC(=N)C(C)=N)c1=O. The van der Waals surface area contributed by atoms with Gasteiger partial charge in [-0.1, -0.05) is 43.3 Å². The summed E-state index contributed by atoms with van der Waals surface area (Å²) in [5, 5.41) is 21.9. The molecule has 0 radical (unpaired) electrons. The number of hydrogen-bond donors (Lipinski definition) is 4. The maximum atomic E-state index is 12.8. The monoisotopic (exact) mass is 504 g/mol. The summed E-state index contributed by atoms with van der Waals surface area (Å²) < 4.78 is 6.35. The number of rotatable bonds is 12. The standard InChI is InChI=1S/C26H28N6O5/c1-3-22(32-12-11-29-23(25(32)35)30-14-21(28)16(2)27)24(34)31-13-18(33)15-37-26(36)20-10-6-8-17-7-4-5-9-19(17)20/h4-12,22,27-28H,3,13-15H2,1-2H3,(H,29,30)(H,31,34)/t22-/m0/s1. The van der Waals surface area contributed by atoms with Gasteiger partial charge in [-0.25, -0.2) is 9.78 Å². The number of nitrogens with zero attached hydrogens (tertiary/aromatic N) is 2. The Hall–Kier alpha value is -4.67. The maximum absolute atomic E-state index is 12.8. The summed E-state index contributed by atoms with van der Waals surface area (Å²) in [5.41, 5.74) is -0.174. The van der Waals surface area contributed by atoms with E-state index in [2.05, 4.69) is 15.6 Å². The zero-order chi connectivity index (χ0) is 26.9. The van der Waals surface area contributed by atoms with Gasteiger partial charge in [-0.15, -0.1) is 0 Å². The molecule has 192 valence electrons. The zero-order valence-electron chi connectivity index (χ0n) is 20.5. The molecule has 11 heteroatoms. The molecule has 11 nitrogen and oxygen atoms in total. The molecule has 37 heavy (non-hydrogen) atoms. The molecule has 0 fully saturated rings. The smallest absolute Gasteiger partial charge is 0.339 e. The van der Waals surface area contributed by atoms with Gasteiger partial charge in [0.2, 0.25) is 5.91 Å². The fourth-order valence-corrected chi connectivity index (χ4v) is 3.59. The van der Waals surface area contributed by atoms with E-state index >= 15 is 0 Å². The molecule has 0 aliphatic heterocycles. The van der Waals surface area contributed by atoms with E-state index in [0.29, 0.717) is 10.9 Å².